The highest BCUT2D eigenvalue weighted by molar-refractivity contribution is 5.35. The Labute approximate surface area is 78.8 Å². The summed E-state index contributed by atoms with van der Waals surface area (Å²) in [5.41, 5.74) is 2.43. The van der Waals surface area contributed by atoms with Crippen LogP contribution < -0.4 is 0 Å². The van der Waals surface area contributed by atoms with Crippen LogP contribution in [0.1, 0.15) is 30.9 Å². The van der Waals surface area contributed by atoms with Crippen molar-refractivity contribution in [1.82, 2.24) is 0 Å². The first-order valence-corrected chi connectivity index (χ1v) is 4.87. The van der Waals surface area contributed by atoms with Crippen LogP contribution in [0.3, 0.4) is 0 Å². The first kappa shape index (κ1) is 8.74. The maximum absolute atomic E-state index is 13.0. The molecule has 1 heteroatoms. The zero-order chi connectivity index (χ0) is 9.59. The lowest BCUT2D eigenvalue weighted by Gasteiger charge is -2.04. The summed E-state index contributed by atoms with van der Waals surface area (Å²) in [6.07, 6.45) is 0. The maximum Gasteiger partial charge on any atom is 0.123 e. The van der Waals surface area contributed by atoms with Gasteiger partial charge in [-0.15, -0.1) is 0 Å². The van der Waals surface area contributed by atoms with Gasteiger partial charge >= 0.3 is 0 Å². The largest absolute Gasteiger partial charge is 0.207 e. The molecule has 0 aliphatic heterocycles. The molecule has 1 aromatic carbocycles. The van der Waals surface area contributed by atoms with Crippen molar-refractivity contribution in [3.63, 3.8) is 0 Å². The molecule has 0 aromatic heterocycles. The minimum atomic E-state index is -0.105. The molecule has 0 heterocycles. The van der Waals surface area contributed by atoms with E-state index in [9.17, 15) is 4.39 Å². The molecule has 0 spiro atoms. The first-order chi connectivity index (χ1) is 6.11. The molecule has 1 saturated carbocycles. The van der Waals surface area contributed by atoms with E-state index in [1.165, 1.54) is 17.2 Å². The molecule has 2 atom stereocenters. The van der Waals surface area contributed by atoms with Crippen LogP contribution in [0.2, 0.25) is 0 Å². The molecule has 0 saturated heterocycles. The zero-order valence-corrected chi connectivity index (χ0v) is 8.34. The highest BCUT2D eigenvalue weighted by Crippen LogP contribution is 2.53. The molecule has 70 valence electrons. The third-order valence-electron chi connectivity index (χ3n) is 3.42. The summed E-state index contributed by atoms with van der Waals surface area (Å²) >= 11 is 0. The Morgan fingerprint density at radius 1 is 1.15 bits per heavy atom. The number of hydrogen-bond donors (Lipinski definition) is 0. The molecule has 1 fully saturated rings. The van der Waals surface area contributed by atoms with Gasteiger partial charge < -0.3 is 0 Å². The van der Waals surface area contributed by atoms with Crippen molar-refractivity contribution in [2.45, 2.75) is 26.7 Å². The predicted octanol–water partition coefficient (Wildman–Crippen LogP) is 3.50. The third-order valence-corrected chi connectivity index (χ3v) is 3.42. The number of aryl methyl sites for hydroxylation is 1. The lowest BCUT2D eigenvalue weighted by Crippen LogP contribution is -1.89. The summed E-state index contributed by atoms with van der Waals surface area (Å²) in [6, 6.07) is 5.11. The Balaban J connectivity index is 2.35. The van der Waals surface area contributed by atoms with Crippen molar-refractivity contribution >= 4 is 0 Å². The summed E-state index contributed by atoms with van der Waals surface area (Å²) in [6.45, 7) is 6.53. The van der Waals surface area contributed by atoms with Crippen LogP contribution in [0, 0.1) is 24.6 Å². The van der Waals surface area contributed by atoms with Gasteiger partial charge in [-0.1, -0.05) is 19.9 Å². The second-order valence-electron chi connectivity index (χ2n) is 4.24. The minimum Gasteiger partial charge on any atom is -0.207 e. The lowest BCUT2D eigenvalue weighted by molar-refractivity contribution is 0.624. The van der Waals surface area contributed by atoms with Crippen LogP contribution in [0.25, 0.3) is 0 Å². The zero-order valence-electron chi connectivity index (χ0n) is 8.34. The molecule has 0 radical (unpaired) electrons. The molecular weight excluding hydrogens is 163 g/mol. The van der Waals surface area contributed by atoms with Gasteiger partial charge in [0.05, 0.1) is 0 Å². The third kappa shape index (κ3) is 1.37. The molecule has 0 bridgehead atoms. The van der Waals surface area contributed by atoms with Crippen LogP contribution >= 0.6 is 0 Å². The van der Waals surface area contributed by atoms with E-state index in [1.54, 1.807) is 6.07 Å². The lowest BCUT2D eigenvalue weighted by atomic mass is 10.0. The van der Waals surface area contributed by atoms with Gasteiger partial charge in [-0.25, -0.2) is 4.39 Å². The molecule has 0 amide bonds. The molecule has 2 unspecified atom stereocenters. The van der Waals surface area contributed by atoms with Gasteiger partial charge in [-0.05, 0) is 47.9 Å². The van der Waals surface area contributed by atoms with E-state index in [1.807, 2.05) is 6.07 Å². The van der Waals surface area contributed by atoms with Crippen LogP contribution in [0.5, 0.6) is 0 Å². The summed E-state index contributed by atoms with van der Waals surface area (Å²) in [5, 5.41) is 0. The average molecular weight is 178 g/mol. The average Bonchev–Trinajstić information content (AvgIpc) is 2.66. The van der Waals surface area contributed by atoms with Gasteiger partial charge in [0.25, 0.3) is 0 Å². The molecular formula is C12H15F. The number of benzene rings is 1. The summed E-state index contributed by atoms with van der Waals surface area (Å²) in [4.78, 5) is 0. The predicted molar refractivity (Wildman–Crippen MR) is 52.2 cm³/mol. The molecule has 0 nitrogen and oxygen atoms in total. The van der Waals surface area contributed by atoms with Gasteiger partial charge in [0.2, 0.25) is 0 Å². The van der Waals surface area contributed by atoms with Crippen molar-refractivity contribution in [1.29, 1.82) is 0 Å². The number of rotatable bonds is 1. The molecule has 13 heavy (non-hydrogen) atoms. The fourth-order valence-electron chi connectivity index (χ4n) is 2.20. The van der Waals surface area contributed by atoms with E-state index in [0.29, 0.717) is 5.92 Å². The molecule has 1 aromatic rings. The van der Waals surface area contributed by atoms with Crippen LogP contribution in [-0.4, -0.2) is 0 Å². The van der Waals surface area contributed by atoms with Gasteiger partial charge in [0.15, 0.2) is 0 Å². The molecule has 2 rings (SSSR count). The van der Waals surface area contributed by atoms with Crippen molar-refractivity contribution in [2.75, 3.05) is 0 Å². The topological polar surface area (TPSA) is 0 Å². The van der Waals surface area contributed by atoms with Crippen molar-refractivity contribution in [2.24, 2.45) is 11.8 Å². The van der Waals surface area contributed by atoms with E-state index in [0.717, 1.165) is 11.8 Å². The number of hydrogen-bond acceptors (Lipinski definition) is 0. The van der Waals surface area contributed by atoms with Gasteiger partial charge in [-0.3, -0.25) is 0 Å². The smallest absolute Gasteiger partial charge is 0.123 e. The van der Waals surface area contributed by atoms with E-state index in [2.05, 4.69) is 20.8 Å². The van der Waals surface area contributed by atoms with E-state index < -0.39 is 0 Å². The Morgan fingerprint density at radius 2 is 1.77 bits per heavy atom. The SMILES string of the molecule is Cc1ccc(F)cc1C1C(C)C1C. The van der Waals surface area contributed by atoms with Crippen LogP contribution in [0.15, 0.2) is 18.2 Å². The highest BCUT2D eigenvalue weighted by Gasteiger charge is 2.44. The Morgan fingerprint density at radius 3 is 2.31 bits per heavy atom. The van der Waals surface area contributed by atoms with Gasteiger partial charge in [0.1, 0.15) is 5.82 Å². The van der Waals surface area contributed by atoms with Crippen LogP contribution in [-0.2, 0) is 0 Å². The summed E-state index contributed by atoms with van der Waals surface area (Å²) < 4.78 is 13.0. The van der Waals surface area contributed by atoms with E-state index >= 15 is 0 Å². The molecule has 1 aliphatic carbocycles. The first-order valence-electron chi connectivity index (χ1n) is 4.87. The second-order valence-corrected chi connectivity index (χ2v) is 4.24. The standard InChI is InChI=1S/C12H15F/c1-7-4-5-10(13)6-11(7)12-8(2)9(12)3/h4-6,8-9,12H,1-3H3. The molecule has 1 aliphatic rings. The Kier molecular flexibility index (Phi) is 1.90. The van der Waals surface area contributed by atoms with Crippen molar-refractivity contribution in [3.8, 4) is 0 Å². The molecule has 0 N–H and O–H groups in total. The maximum atomic E-state index is 13.0. The Bertz CT molecular complexity index is 322. The summed E-state index contributed by atoms with van der Waals surface area (Å²) in [5.74, 6) is 1.93. The highest BCUT2D eigenvalue weighted by atomic mass is 19.1. The second kappa shape index (κ2) is 2.83. The number of halogens is 1. The van der Waals surface area contributed by atoms with Gasteiger partial charge in [0, 0.05) is 0 Å². The normalized spacial score (nSPS) is 31.8. The fourth-order valence-corrected chi connectivity index (χ4v) is 2.20. The van der Waals surface area contributed by atoms with Crippen molar-refractivity contribution < 1.29 is 4.39 Å². The van der Waals surface area contributed by atoms with Gasteiger partial charge in [-0.2, -0.15) is 0 Å². The monoisotopic (exact) mass is 178 g/mol. The van der Waals surface area contributed by atoms with E-state index in [4.69, 9.17) is 0 Å². The van der Waals surface area contributed by atoms with E-state index in [-0.39, 0.29) is 5.82 Å². The minimum absolute atomic E-state index is 0.105. The van der Waals surface area contributed by atoms with Crippen LogP contribution in [0.4, 0.5) is 4.39 Å². The van der Waals surface area contributed by atoms with Crippen molar-refractivity contribution in [3.05, 3.63) is 35.1 Å². The Hall–Kier alpha value is -0.850. The fraction of sp³-hybridized carbons (Fsp3) is 0.500. The quantitative estimate of drug-likeness (QED) is 0.617. The summed E-state index contributed by atoms with van der Waals surface area (Å²) in [7, 11) is 0.